The van der Waals surface area contributed by atoms with E-state index >= 15 is 0 Å². The molecule has 2 atom stereocenters. The minimum absolute atomic E-state index is 0.125. The van der Waals surface area contributed by atoms with Gasteiger partial charge in [-0.2, -0.15) is 0 Å². The van der Waals surface area contributed by atoms with Gasteiger partial charge in [-0.3, -0.25) is 4.79 Å². The van der Waals surface area contributed by atoms with E-state index in [1.165, 1.54) is 0 Å². The fourth-order valence-electron chi connectivity index (χ4n) is 3.36. The summed E-state index contributed by atoms with van der Waals surface area (Å²) in [5.74, 6) is 1.90. The summed E-state index contributed by atoms with van der Waals surface area (Å²) >= 11 is 0. The summed E-state index contributed by atoms with van der Waals surface area (Å²) in [5, 5.41) is 0. The van der Waals surface area contributed by atoms with E-state index in [0.29, 0.717) is 0 Å². The number of carbonyl (C=O) groups is 1. The molecule has 3 nitrogen and oxygen atoms in total. The Labute approximate surface area is 117 Å². The van der Waals surface area contributed by atoms with Crippen molar-refractivity contribution in [2.45, 2.75) is 11.8 Å². The summed E-state index contributed by atoms with van der Waals surface area (Å²) in [6.45, 7) is 0.748. The quantitative estimate of drug-likeness (QED) is 0.732. The lowest BCUT2D eigenvalue weighted by Gasteiger charge is -2.14. The number of likely N-dealkylation sites (tertiary alicyclic amines) is 1. The lowest BCUT2D eigenvalue weighted by atomic mass is 9.84. The van der Waals surface area contributed by atoms with Crippen LogP contribution in [-0.4, -0.2) is 24.4 Å². The molecular weight excluding hydrogens is 250 g/mol. The molecule has 0 aromatic heterocycles. The Morgan fingerprint density at radius 2 is 1.60 bits per heavy atom. The number of likely N-dealkylation sites (N-methyl/N-ethyl adjacent to an activating group) is 1. The van der Waals surface area contributed by atoms with Crippen LogP contribution in [0.5, 0.6) is 11.5 Å². The van der Waals surface area contributed by atoms with Gasteiger partial charge in [0.1, 0.15) is 11.5 Å². The van der Waals surface area contributed by atoms with E-state index in [-0.39, 0.29) is 17.7 Å². The molecule has 100 valence electrons. The number of benzene rings is 2. The molecule has 2 aliphatic rings. The largest absolute Gasteiger partial charge is 0.457 e. The molecule has 0 saturated carbocycles. The Morgan fingerprint density at radius 1 is 1.00 bits per heavy atom. The highest BCUT2D eigenvalue weighted by atomic mass is 16.5. The van der Waals surface area contributed by atoms with Crippen LogP contribution in [0.4, 0.5) is 0 Å². The first-order chi connectivity index (χ1) is 9.75. The first-order valence-corrected chi connectivity index (χ1v) is 6.86. The van der Waals surface area contributed by atoms with Crippen LogP contribution in [-0.2, 0) is 4.79 Å². The van der Waals surface area contributed by atoms with Gasteiger partial charge in [-0.15, -0.1) is 0 Å². The maximum atomic E-state index is 12.5. The van der Waals surface area contributed by atoms with Crippen LogP contribution < -0.4 is 4.74 Å². The maximum absolute atomic E-state index is 12.5. The molecule has 1 saturated heterocycles. The summed E-state index contributed by atoms with van der Waals surface area (Å²) in [6, 6.07) is 15.9. The average Bonchev–Trinajstić information content (AvgIpc) is 2.68. The molecule has 0 aliphatic carbocycles. The van der Waals surface area contributed by atoms with Crippen LogP contribution in [0, 0.1) is 0 Å². The highest BCUT2D eigenvalue weighted by Crippen LogP contribution is 2.49. The molecule has 2 aromatic carbocycles. The summed E-state index contributed by atoms with van der Waals surface area (Å²) < 4.78 is 6.05. The zero-order valence-corrected chi connectivity index (χ0v) is 11.2. The minimum atomic E-state index is -0.125. The molecule has 3 heteroatoms. The fraction of sp³-hybridized carbons (Fsp3) is 0.235. The maximum Gasteiger partial charge on any atom is 0.230 e. The molecule has 2 aliphatic heterocycles. The van der Waals surface area contributed by atoms with E-state index in [1.807, 2.05) is 54.4 Å². The normalized spacial score (nSPS) is 23.4. The van der Waals surface area contributed by atoms with Crippen LogP contribution in [0.3, 0.4) is 0 Å². The molecular formula is C17H15NO2. The van der Waals surface area contributed by atoms with Gasteiger partial charge in [-0.25, -0.2) is 0 Å². The van der Waals surface area contributed by atoms with Crippen molar-refractivity contribution in [2.75, 3.05) is 13.6 Å². The summed E-state index contributed by atoms with van der Waals surface area (Å²) in [5.41, 5.74) is 2.13. The van der Waals surface area contributed by atoms with E-state index in [0.717, 1.165) is 29.2 Å². The predicted molar refractivity (Wildman–Crippen MR) is 76.1 cm³/mol. The Hall–Kier alpha value is -2.29. The molecule has 1 amide bonds. The Bertz CT molecular complexity index is 695. The van der Waals surface area contributed by atoms with Crippen LogP contribution in [0.1, 0.15) is 23.0 Å². The van der Waals surface area contributed by atoms with Crippen molar-refractivity contribution in [3.05, 3.63) is 59.7 Å². The van der Waals surface area contributed by atoms with Gasteiger partial charge in [0.2, 0.25) is 5.91 Å². The smallest absolute Gasteiger partial charge is 0.230 e. The molecule has 2 heterocycles. The van der Waals surface area contributed by atoms with Gasteiger partial charge in [0, 0.05) is 30.6 Å². The molecule has 0 N–H and O–H groups in total. The van der Waals surface area contributed by atoms with Gasteiger partial charge in [0.05, 0.1) is 5.92 Å². The number of hydrogen-bond donors (Lipinski definition) is 0. The number of ether oxygens (including phenoxy) is 1. The van der Waals surface area contributed by atoms with E-state index < -0.39 is 0 Å². The number of amides is 1. The molecule has 1 fully saturated rings. The third kappa shape index (κ3) is 1.49. The lowest BCUT2D eigenvalue weighted by Crippen LogP contribution is -2.21. The highest BCUT2D eigenvalue weighted by Gasteiger charge is 2.44. The fourth-order valence-corrected chi connectivity index (χ4v) is 3.36. The summed E-state index contributed by atoms with van der Waals surface area (Å²) in [6.07, 6.45) is 0. The third-order valence-corrected chi connectivity index (χ3v) is 4.31. The van der Waals surface area contributed by atoms with Crippen LogP contribution in [0.2, 0.25) is 0 Å². The monoisotopic (exact) mass is 265 g/mol. The zero-order chi connectivity index (χ0) is 13.7. The number of carbonyl (C=O) groups excluding carboxylic acids is 1. The van der Waals surface area contributed by atoms with Crippen molar-refractivity contribution < 1.29 is 9.53 Å². The van der Waals surface area contributed by atoms with Gasteiger partial charge >= 0.3 is 0 Å². The van der Waals surface area contributed by atoms with E-state index in [2.05, 4.69) is 6.07 Å². The van der Waals surface area contributed by atoms with E-state index in [4.69, 9.17) is 4.74 Å². The van der Waals surface area contributed by atoms with Crippen molar-refractivity contribution in [1.82, 2.24) is 4.90 Å². The first-order valence-electron chi connectivity index (χ1n) is 6.86. The van der Waals surface area contributed by atoms with E-state index in [1.54, 1.807) is 0 Å². The van der Waals surface area contributed by atoms with Crippen molar-refractivity contribution in [1.29, 1.82) is 0 Å². The Kier molecular flexibility index (Phi) is 2.36. The molecule has 2 unspecified atom stereocenters. The number of para-hydroxylation sites is 2. The van der Waals surface area contributed by atoms with Crippen molar-refractivity contribution in [3.63, 3.8) is 0 Å². The molecule has 2 aromatic rings. The molecule has 0 radical (unpaired) electrons. The number of hydrogen-bond acceptors (Lipinski definition) is 2. The second-order valence-corrected chi connectivity index (χ2v) is 5.48. The number of nitrogens with zero attached hydrogens (tertiary/aromatic N) is 1. The Balaban J connectivity index is 1.98. The van der Waals surface area contributed by atoms with Gasteiger partial charge in [0.15, 0.2) is 0 Å². The molecule has 0 spiro atoms. The first kappa shape index (κ1) is 11.5. The van der Waals surface area contributed by atoms with Gasteiger partial charge < -0.3 is 9.64 Å². The van der Waals surface area contributed by atoms with Gasteiger partial charge in [-0.05, 0) is 12.1 Å². The predicted octanol–water partition coefficient (Wildman–Crippen LogP) is 3.13. The van der Waals surface area contributed by atoms with Crippen molar-refractivity contribution >= 4 is 5.91 Å². The topological polar surface area (TPSA) is 29.5 Å². The van der Waals surface area contributed by atoms with Crippen LogP contribution in [0.25, 0.3) is 0 Å². The molecule has 20 heavy (non-hydrogen) atoms. The number of rotatable bonds is 0. The molecule has 0 bridgehead atoms. The minimum Gasteiger partial charge on any atom is -0.457 e. The second kappa shape index (κ2) is 4.10. The zero-order valence-electron chi connectivity index (χ0n) is 11.2. The average molecular weight is 265 g/mol. The molecule has 4 rings (SSSR count). The van der Waals surface area contributed by atoms with Crippen molar-refractivity contribution in [3.8, 4) is 11.5 Å². The van der Waals surface area contributed by atoms with Crippen molar-refractivity contribution in [2.24, 2.45) is 0 Å². The standard InChI is InChI=1S/C17H15NO2/c1-18-10-13-11-6-2-4-8-14(11)20-15-9-5-3-7-12(15)16(13)17(18)19/h2-9,13,16H,10H2,1H3. The summed E-state index contributed by atoms with van der Waals surface area (Å²) in [7, 11) is 1.88. The van der Waals surface area contributed by atoms with Gasteiger partial charge in [-0.1, -0.05) is 36.4 Å². The summed E-state index contributed by atoms with van der Waals surface area (Å²) in [4.78, 5) is 14.4. The highest BCUT2D eigenvalue weighted by molar-refractivity contribution is 5.88. The lowest BCUT2D eigenvalue weighted by molar-refractivity contribution is -0.127. The third-order valence-electron chi connectivity index (χ3n) is 4.31. The van der Waals surface area contributed by atoms with Gasteiger partial charge in [0.25, 0.3) is 0 Å². The second-order valence-electron chi connectivity index (χ2n) is 5.48. The van der Waals surface area contributed by atoms with Crippen LogP contribution >= 0.6 is 0 Å². The number of fused-ring (bicyclic) bond motifs is 5. The van der Waals surface area contributed by atoms with Crippen LogP contribution in [0.15, 0.2) is 48.5 Å². The Morgan fingerprint density at radius 3 is 2.35 bits per heavy atom. The SMILES string of the molecule is CN1CC2c3ccccc3Oc3ccccc3C2C1=O. The van der Waals surface area contributed by atoms with E-state index in [9.17, 15) is 4.79 Å².